The van der Waals surface area contributed by atoms with Crippen molar-refractivity contribution < 1.29 is 28.8 Å². The predicted molar refractivity (Wildman–Crippen MR) is 153 cm³/mol. The number of carbonyl (C=O) groups excluding carboxylic acids is 1. The third kappa shape index (κ3) is 6.91. The monoisotopic (exact) mass is 596 g/mol. The fraction of sp³-hybridized carbons (Fsp3) is 0.333. The lowest BCUT2D eigenvalue weighted by atomic mass is 9.86. The number of hydrogen-bond donors (Lipinski definition) is 2. The number of methoxy groups -OCH3 is 2. The van der Waals surface area contributed by atoms with E-state index in [1.807, 2.05) is 67.6 Å². The van der Waals surface area contributed by atoms with Gasteiger partial charge in [0.1, 0.15) is 23.4 Å². The summed E-state index contributed by atoms with van der Waals surface area (Å²) < 4.78 is 23.5. The van der Waals surface area contributed by atoms with Gasteiger partial charge in [0.2, 0.25) is 5.90 Å². The molecular weight excluding hydrogens is 564 g/mol. The van der Waals surface area contributed by atoms with E-state index in [4.69, 9.17) is 29.0 Å². The smallest absolute Gasteiger partial charge is 0.252 e. The molecule has 2 N–H and O–H groups in total. The Bertz CT molecular complexity index is 1270. The van der Waals surface area contributed by atoms with Gasteiger partial charge in [-0.15, -0.1) is 0 Å². The van der Waals surface area contributed by atoms with Gasteiger partial charge >= 0.3 is 0 Å². The number of aliphatic hydroxyl groups excluding tert-OH is 1. The lowest BCUT2D eigenvalue weighted by Gasteiger charge is -2.28. The number of nitrogens with zero attached hydrogens (tertiary/aromatic N) is 1. The first kappa shape index (κ1) is 28.4. The zero-order chi connectivity index (χ0) is 27.8. The van der Waals surface area contributed by atoms with E-state index in [2.05, 4.69) is 21.2 Å². The number of ether oxygens (including phenoxy) is 4. The first-order chi connectivity index (χ1) is 18.9. The molecule has 0 unspecified atom stereocenters. The molecule has 4 rings (SSSR count). The lowest BCUT2D eigenvalue weighted by molar-refractivity contribution is -0.128. The van der Waals surface area contributed by atoms with Crippen molar-refractivity contribution in [3.05, 3.63) is 87.9 Å². The van der Waals surface area contributed by atoms with E-state index in [1.54, 1.807) is 20.3 Å². The number of aliphatic hydroxyl groups is 1. The van der Waals surface area contributed by atoms with E-state index in [0.29, 0.717) is 42.6 Å². The van der Waals surface area contributed by atoms with Gasteiger partial charge in [-0.3, -0.25) is 4.79 Å². The molecule has 1 aliphatic rings. The number of nitrogens with one attached hydrogen (secondary N) is 1. The first-order valence-electron chi connectivity index (χ1n) is 12.7. The van der Waals surface area contributed by atoms with Crippen LogP contribution in [0.25, 0.3) is 0 Å². The van der Waals surface area contributed by atoms with Crippen molar-refractivity contribution in [2.24, 2.45) is 4.99 Å². The van der Waals surface area contributed by atoms with E-state index < -0.39 is 11.6 Å². The Hall–Kier alpha value is -3.56. The van der Waals surface area contributed by atoms with Crippen LogP contribution in [0.2, 0.25) is 0 Å². The Morgan fingerprint density at radius 3 is 2.28 bits per heavy atom. The van der Waals surface area contributed by atoms with Gasteiger partial charge in [-0.2, -0.15) is 0 Å². The first-order valence-corrected chi connectivity index (χ1v) is 13.5. The van der Waals surface area contributed by atoms with Crippen LogP contribution >= 0.6 is 15.9 Å². The van der Waals surface area contributed by atoms with E-state index >= 15 is 0 Å². The van der Waals surface area contributed by atoms with Crippen molar-refractivity contribution in [3.8, 4) is 17.2 Å². The maximum absolute atomic E-state index is 13.9. The van der Waals surface area contributed by atoms with Crippen LogP contribution in [0.15, 0.2) is 76.2 Å². The molecule has 1 heterocycles. The van der Waals surface area contributed by atoms with Crippen LogP contribution in [0.1, 0.15) is 30.0 Å². The van der Waals surface area contributed by atoms with Crippen LogP contribution in [0.3, 0.4) is 0 Å². The highest BCUT2D eigenvalue weighted by molar-refractivity contribution is 9.10. The third-order valence-corrected chi connectivity index (χ3v) is 7.11. The standard InChI is InChI=1S/C30H33BrN2O6/c1-20-30(18-21-5-9-24(31)10-6-21,29(35)32-19-22-15-26(36-2)17-27(16-22)37-3)33-28(39-20)23-7-11-25(12-8-23)38-14-4-13-34/h5-12,15-17,20,34H,4,13-14,18-19H2,1-3H3,(H,32,35)/t20-,30-/m1/s1. The Morgan fingerprint density at radius 1 is 1.00 bits per heavy atom. The number of amides is 1. The number of rotatable bonds is 12. The average molecular weight is 598 g/mol. The van der Waals surface area contributed by atoms with Gasteiger partial charge < -0.3 is 29.4 Å². The van der Waals surface area contributed by atoms with Crippen molar-refractivity contribution in [1.29, 1.82) is 0 Å². The zero-order valence-corrected chi connectivity index (χ0v) is 23.9. The van der Waals surface area contributed by atoms with Gasteiger partial charge in [-0.05, 0) is 66.6 Å². The molecule has 8 nitrogen and oxygen atoms in total. The Kier molecular flexibility index (Phi) is 9.48. The van der Waals surface area contributed by atoms with Crippen molar-refractivity contribution in [3.63, 3.8) is 0 Å². The van der Waals surface area contributed by atoms with Crippen molar-refractivity contribution in [2.45, 2.75) is 38.0 Å². The molecular formula is C30H33BrN2O6. The molecule has 0 aromatic heterocycles. The fourth-order valence-electron chi connectivity index (χ4n) is 4.36. The summed E-state index contributed by atoms with van der Waals surface area (Å²) in [5.41, 5.74) is 1.37. The van der Waals surface area contributed by atoms with Crippen LogP contribution in [-0.4, -0.2) is 56.0 Å². The van der Waals surface area contributed by atoms with Crippen LogP contribution in [0, 0.1) is 0 Å². The molecule has 0 saturated carbocycles. The maximum atomic E-state index is 13.9. The third-order valence-electron chi connectivity index (χ3n) is 6.58. The average Bonchev–Trinajstić information content (AvgIpc) is 3.29. The second-order valence-corrected chi connectivity index (χ2v) is 10.2. The number of hydrogen-bond acceptors (Lipinski definition) is 7. The molecule has 2 atom stereocenters. The topological polar surface area (TPSA) is 98.6 Å². The normalized spacial score (nSPS) is 18.2. The summed E-state index contributed by atoms with van der Waals surface area (Å²) in [6.07, 6.45) is 0.405. The van der Waals surface area contributed by atoms with Gasteiger partial charge in [0, 0.05) is 42.1 Å². The Labute approximate surface area is 237 Å². The summed E-state index contributed by atoms with van der Waals surface area (Å²) in [4.78, 5) is 18.8. The molecule has 0 aliphatic carbocycles. The SMILES string of the molecule is COc1cc(CNC(=O)[C@]2(Cc3ccc(Br)cc3)N=C(c3ccc(OCCCO)cc3)O[C@@H]2C)cc(OC)c1. The van der Waals surface area contributed by atoms with E-state index in [9.17, 15) is 4.79 Å². The van der Waals surface area contributed by atoms with E-state index in [1.165, 1.54) is 0 Å². The molecule has 206 valence electrons. The number of carbonyl (C=O) groups is 1. The number of aliphatic imine (C=N–C) groups is 1. The second kappa shape index (κ2) is 13.0. The van der Waals surface area contributed by atoms with Crippen molar-refractivity contribution in [1.82, 2.24) is 5.32 Å². The van der Waals surface area contributed by atoms with Gasteiger partial charge in [-0.25, -0.2) is 4.99 Å². The largest absolute Gasteiger partial charge is 0.497 e. The minimum atomic E-state index is -1.18. The van der Waals surface area contributed by atoms with E-state index in [0.717, 1.165) is 21.2 Å². The molecule has 3 aromatic carbocycles. The molecule has 9 heteroatoms. The molecule has 39 heavy (non-hydrogen) atoms. The van der Waals surface area contributed by atoms with Gasteiger partial charge in [-0.1, -0.05) is 28.1 Å². The van der Waals surface area contributed by atoms with Crippen LogP contribution in [0.5, 0.6) is 17.2 Å². The Balaban J connectivity index is 1.61. The molecule has 3 aromatic rings. The van der Waals surface area contributed by atoms with Gasteiger partial charge in [0.15, 0.2) is 5.54 Å². The minimum absolute atomic E-state index is 0.0779. The zero-order valence-electron chi connectivity index (χ0n) is 22.3. The molecule has 1 aliphatic heterocycles. The van der Waals surface area contributed by atoms with Crippen LogP contribution in [-0.2, 0) is 22.5 Å². The highest BCUT2D eigenvalue weighted by atomic mass is 79.9. The highest BCUT2D eigenvalue weighted by Crippen LogP contribution is 2.33. The fourth-order valence-corrected chi connectivity index (χ4v) is 4.62. The van der Waals surface area contributed by atoms with Crippen LogP contribution < -0.4 is 19.5 Å². The quantitative estimate of drug-likeness (QED) is 0.294. The molecule has 0 saturated heterocycles. The van der Waals surface area contributed by atoms with Gasteiger partial charge in [0.25, 0.3) is 5.91 Å². The molecule has 0 spiro atoms. The van der Waals surface area contributed by atoms with Crippen molar-refractivity contribution in [2.75, 3.05) is 27.4 Å². The van der Waals surface area contributed by atoms with Crippen LogP contribution in [0.4, 0.5) is 0 Å². The number of halogens is 1. The molecule has 0 bridgehead atoms. The lowest BCUT2D eigenvalue weighted by Crippen LogP contribution is -2.52. The van der Waals surface area contributed by atoms with E-state index in [-0.39, 0.29) is 19.1 Å². The minimum Gasteiger partial charge on any atom is -0.497 e. The molecule has 1 amide bonds. The molecule has 0 radical (unpaired) electrons. The number of benzene rings is 3. The summed E-state index contributed by atoms with van der Waals surface area (Å²) in [5, 5.41) is 12.0. The van der Waals surface area contributed by atoms with Crippen molar-refractivity contribution >= 4 is 27.7 Å². The molecule has 0 fully saturated rings. The summed E-state index contributed by atoms with van der Waals surface area (Å²) in [6.45, 7) is 2.65. The summed E-state index contributed by atoms with van der Waals surface area (Å²) >= 11 is 3.48. The second-order valence-electron chi connectivity index (χ2n) is 9.26. The highest BCUT2D eigenvalue weighted by Gasteiger charge is 2.50. The Morgan fingerprint density at radius 2 is 1.67 bits per heavy atom. The predicted octanol–water partition coefficient (Wildman–Crippen LogP) is 4.69. The summed E-state index contributed by atoms with van der Waals surface area (Å²) in [7, 11) is 3.18. The maximum Gasteiger partial charge on any atom is 0.252 e. The summed E-state index contributed by atoms with van der Waals surface area (Å²) in [5.74, 6) is 2.14. The van der Waals surface area contributed by atoms with Gasteiger partial charge in [0.05, 0.1) is 20.8 Å². The summed E-state index contributed by atoms with van der Waals surface area (Å²) in [6, 6.07) is 20.7.